The van der Waals surface area contributed by atoms with E-state index in [0.29, 0.717) is 0 Å². The molecular formula is C50H48N4Pt. The molecule has 0 spiro atoms. The monoisotopic (exact) mass is 899 g/mol. The van der Waals surface area contributed by atoms with Crippen molar-refractivity contribution in [1.82, 2.24) is 19.5 Å². The molecule has 0 amide bonds. The number of fused-ring (bicyclic) bond motifs is 3. The standard InChI is InChI=1S/C50H48N4.Pt/c1-48(2,3)37-18-22-45-41(31-37)40-19-20-44(53-47(40)54(45)46-23-21-43(52-46)32-15-11-10-12-16-32)36-26-33(25-35(27-36)42-17-13-14-24-51-42)34-28-38(49(4,5)6)30-39(29-34)50(7,8)9;/h10-26,28-31H,1-9H3;/q-2;+2. The Balaban J connectivity index is 0.00000465. The first-order valence-electron chi connectivity index (χ1n) is 18.9. The summed E-state index contributed by atoms with van der Waals surface area (Å²) in [7, 11) is 0. The van der Waals surface area contributed by atoms with Crippen LogP contribution >= 0.6 is 0 Å². The number of aromatic nitrogens is 4. The third-order valence-electron chi connectivity index (χ3n) is 10.5. The molecule has 0 bridgehead atoms. The van der Waals surface area contributed by atoms with E-state index in [2.05, 4.69) is 176 Å². The number of rotatable bonds is 5. The van der Waals surface area contributed by atoms with Crippen molar-refractivity contribution in [2.75, 3.05) is 0 Å². The van der Waals surface area contributed by atoms with Crippen molar-refractivity contribution in [1.29, 1.82) is 0 Å². The molecule has 55 heavy (non-hydrogen) atoms. The quantitative estimate of drug-likeness (QED) is 0.162. The summed E-state index contributed by atoms with van der Waals surface area (Å²) in [5, 5.41) is 2.26. The second-order valence-electron chi connectivity index (χ2n) is 17.6. The molecule has 0 fully saturated rings. The molecule has 278 valence electrons. The van der Waals surface area contributed by atoms with Crippen LogP contribution in [0.5, 0.6) is 0 Å². The Morgan fingerprint density at radius 3 is 1.80 bits per heavy atom. The Hall–Kier alpha value is -5.05. The molecule has 0 radical (unpaired) electrons. The van der Waals surface area contributed by atoms with Gasteiger partial charge in [-0.25, -0.2) is 0 Å². The van der Waals surface area contributed by atoms with Crippen LogP contribution in [0.15, 0.2) is 128 Å². The van der Waals surface area contributed by atoms with Gasteiger partial charge in [0.2, 0.25) is 0 Å². The van der Waals surface area contributed by atoms with Crippen molar-refractivity contribution >= 4 is 21.9 Å². The minimum absolute atomic E-state index is 0. The summed E-state index contributed by atoms with van der Waals surface area (Å²) in [6, 6.07) is 47.1. The Kier molecular flexibility index (Phi) is 9.89. The van der Waals surface area contributed by atoms with Gasteiger partial charge in [-0.05, 0) is 66.7 Å². The van der Waals surface area contributed by atoms with Crippen LogP contribution in [0, 0.1) is 6.07 Å². The summed E-state index contributed by atoms with van der Waals surface area (Å²) in [4.78, 5) is 15.4. The van der Waals surface area contributed by atoms with Gasteiger partial charge in [-0.3, -0.25) is 9.97 Å². The first-order chi connectivity index (χ1) is 25.6. The zero-order valence-electron chi connectivity index (χ0n) is 33.2. The van der Waals surface area contributed by atoms with Crippen molar-refractivity contribution < 1.29 is 21.1 Å². The summed E-state index contributed by atoms with van der Waals surface area (Å²) in [5.74, 6) is 0.850. The molecule has 4 aromatic carbocycles. The normalized spacial score (nSPS) is 12.3. The molecule has 0 saturated heterocycles. The van der Waals surface area contributed by atoms with Crippen LogP contribution in [0.2, 0.25) is 0 Å². The maximum atomic E-state index is 5.49. The molecule has 8 aromatic rings. The molecule has 4 heterocycles. The Morgan fingerprint density at radius 2 is 1.16 bits per heavy atom. The van der Waals surface area contributed by atoms with Gasteiger partial charge in [-0.1, -0.05) is 188 Å². The molecule has 5 heteroatoms. The Bertz CT molecular complexity index is 2610. The third-order valence-corrected chi connectivity index (χ3v) is 10.5. The zero-order valence-corrected chi connectivity index (χ0v) is 35.5. The zero-order chi connectivity index (χ0) is 38.0. The molecule has 0 N–H and O–H groups in total. The van der Waals surface area contributed by atoms with E-state index in [9.17, 15) is 0 Å². The predicted molar refractivity (Wildman–Crippen MR) is 226 cm³/mol. The molecule has 0 saturated carbocycles. The SMILES string of the molecule is CC(C)(C)c1cc(-c2cc(-c3ccccn3)[c-]c(-c3ccc4c5cc(C(C)(C)C)ccc5n(-c5ccc(-c6ccccc6)[n-]5)c4n3)c2)cc(C(C)(C)C)c1.[Pt+2]. The van der Waals surface area contributed by atoms with Crippen molar-refractivity contribution in [3.05, 3.63) is 150 Å². The molecule has 8 rings (SSSR count). The smallest absolute Gasteiger partial charge is 0.435 e. The van der Waals surface area contributed by atoms with Gasteiger partial charge in [0.05, 0.1) is 5.65 Å². The van der Waals surface area contributed by atoms with E-state index < -0.39 is 0 Å². The molecular weight excluding hydrogens is 852 g/mol. The summed E-state index contributed by atoms with van der Waals surface area (Å²) in [5.41, 5.74) is 13.8. The van der Waals surface area contributed by atoms with Crippen LogP contribution in [0.1, 0.15) is 79.0 Å². The fourth-order valence-electron chi connectivity index (χ4n) is 7.18. The Morgan fingerprint density at radius 1 is 0.527 bits per heavy atom. The van der Waals surface area contributed by atoms with Gasteiger partial charge in [-0.15, -0.1) is 18.2 Å². The topological polar surface area (TPSA) is 44.8 Å². The molecule has 4 nitrogen and oxygen atoms in total. The van der Waals surface area contributed by atoms with Crippen LogP contribution < -0.4 is 4.98 Å². The number of nitrogens with zero attached hydrogens (tertiary/aromatic N) is 4. The fraction of sp³-hybridized carbons (Fsp3) is 0.240. The summed E-state index contributed by atoms with van der Waals surface area (Å²) >= 11 is 0. The van der Waals surface area contributed by atoms with Gasteiger partial charge >= 0.3 is 21.1 Å². The molecule has 0 aliphatic rings. The third kappa shape index (κ3) is 7.50. The molecule has 0 aliphatic heterocycles. The minimum atomic E-state index is -0.00830. The van der Waals surface area contributed by atoms with Gasteiger partial charge in [0, 0.05) is 23.0 Å². The second-order valence-corrected chi connectivity index (χ2v) is 17.6. The number of benzene rings is 4. The van der Waals surface area contributed by atoms with Crippen molar-refractivity contribution in [2.45, 2.75) is 78.6 Å². The van der Waals surface area contributed by atoms with Gasteiger partial charge < -0.3 is 9.55 Å². The predicted octanol–water partition coefficient (Wildman–Crippen LogP) is 12.9. The van der Waals surface area contributed by atoms with Crippen LogP contribution in [-0.4, -0.2) is 14.5 Å². The van der Waals surface area contributed by atoms with E-state index in [0.717, 1.165) is 61.7 Å². The van der Waals surface area contributed by atoms with E-state index in [1.54, 1.807) is 0 Å². The number of pyridine rings is 2. The van der Waals surface area contributed by atoms with Crippen LogP contribution in [0.4, 0.5) is 0 Å². The van der Waals surface area contributed by atoms with Crippen LogP contribution in [0.3, 0.4) is 0 Å². The fourth-order valence-corrected chi connectivity index (χ4v) is 7.18. The van der Waals surface area contributed by atoms with E-state index in [1.807, 2.05) is 24.4 Å². The van der Waals surface area contributed by atoms with E-state index in [1.165, 1.54) is 27.6 Å². The molecule has 0 atom stereocenters. The van der Waals surface area contributed by atoms with Gasteiger partial charge in [0.1, 0.15) is 0 Å². The van der Waals surface area contributed by atoms with Gasteiger partial charge in [-0.2, -0.15) is 0 Å². The second kappa shape index (κ2) is 14.2. The number of hydrogen-bond acceptors (Lipinski definition) is 2. The average molecular weight is 900 g/mol. The van der Waals surface area contributed by atoms with E-state index in [-0.39, 0.29) is 37.3 Å². The summed E-state index contributed by atoms with van der Waals surface area (Å²) in [6.45, 7) is 20.5. The van der Waals surface area contributed by atoms with Crippen molar-refractivity contribution in [3.8, 4) is 50.7 Å². The van der Waals surface area contributed by atoms with Gasteiger partial charge in [0.25, 0.3) is 0 Å². The number of hydrogen-bond donors (Lipinski definition) is 0. The maximum absolute atomic E-state index is 5.49. The first-order valence-corrected chi connectivity index (χ1v) is 18.9. The van der Waals surface area contributed by atoms with E-state index in [4.69, 9.17) is 15.0 Å². The first kappa shape index (κ1) is 38.2. The van der Waals surface area contributed by atoms with Crippen molar-refractivity contribution in [2.24, 2.45) is 0 Å². The van der Waals surface area contributed by atoms with Gasteiger partial charge in [0.15, 0.2) is 0 Å². The average Bonchev–Trinajstić information content (AvgIpc) is 3.76. The van der Waals surface area contributed by atoms with Crippen LogP contribution in [0.25, 0.3) is 72.7 Å². The molecule has 4 aromatic heterocycles. The minimum Gasteiger partial charge on any atom is -0.435 e. The van der Waals surface area contributed by atoms with Crippen LogP contribution in [-0.2, 0) is 37.3 Å². The van der Waals surface area contributed by atoms with E-state index >= 15 is 0 Å². The van der Waals surface area contributed by atoms with Crippen molar-refractivity contribution in [3.63, 3.8) is 0 Å². The summed E-state index contributed by atoms with van der Waals surface area (Å²) in [6.07, 6.45) is 1.85. The molecule has 0 aliphatic carbocycles. The summed E-state index contributed by atoms with van der Waals surface area (Å²) < 4.78 is 2.22. The molecule has 0 unspecified atom stereocenters. The maximum Gasteiger partial charge on any atom is 2.00 e. The largest absolute Gasteiger partial charge is 2.00 e. The Labute approximate surface area is 340 Å².